The van der Waals surface area contributed by atoms with Gasteiger partial charge >= 0.3 is 0 Å². The minimum Gasteiger partial charge on any atom is -0.486 e. The van der Waals surface area contributed by atoms with E-state index in [1.165, 1.54) is 6.07 Å². The van der Waals surface area contributed by atoms with Crippen LogP contribution in [0.1, 0.15) is 24.8 Å². The van der Waals surface area contributed by atoms with Gasteiger partial charge in [0, 0.05) is 5.56 Å². The summed E-state index contributed by atoms with van der Waals surface area (Å²) in [4.78, 5) is 0. The second kappa shape index (κ2) is 4.70. The van der Waals surface area contributed by atoms with Gasteiger partial charge in [-0.05, 0) is 24.9 Å². The van der Waals surface area contributed by atoms with Crippen molar-refractivity contribution in [3.63, 3.8) is 0 Å². The number of hydrogen-bond acceptors (Lipinski definition) is 3. The minimum absolute atomic E-state index is 0.243. The Morgan fingerprint density at radius 2 is 2.00 bits per heavy atom. The van der Waals surface area contributed by atoms with E-state index in [0.717, 1.165) is 12.0 Å². The van der Waals surface area contributed by atoms with E-state index in [1.807, 2.05) is 0 Å². The molecule has 0 saturated carbocycles. The summed E-state index contributed by atoms with van der Waals surface area (Å²) < 4.78 is 24.3. The Balaban J connectivity index is 2.38. The average molecular weight is 225 g/mol. The van der Waals surface area contributed by atoms with Crippen molar-refractivity contribution in [1.82, 2.24) is 0 Å². The van der Waals surface area contributed by atoms with E-state index in [0.29, 0.717) is 25.5 Å². The van der Waals surface area contributed by atoms with Gasteiger partial charge in [-0.1, -0.05) is 13.0 Å². The summed E-state index contributed by atoms with van der Waals surface area (Å²) in [6.45, 7) is 3.53. The topological polar surface area (TPSA) is 44.5 Å². The first-order chi connectivity index (χ1) is 7.74. The third-order valence-electron chi connectivity index (χ3n) is 2.80. The Labute approximate surface area is 94.3 Å². The third-order valence-corrected chi connectivity index (χ3v) is 2.80. The van der Waals surface area contributed by atoms with Crippen molar-refractivity contribution in [3.8, 4) is 11.5 Å². The van der Waals surface area contributed by atoms with Crippen LogP contribution < -0.4 is 15.2 Å². The van der Waals surface area contributed by atoms with Gasteiger partial charge in [0.15, 0.2) is 17.3 Å². The maximum Gasteiger partial charge on any atom is 0.197 e. The molecule has 1 aliphatic heterocycles. The van der Waals surface area contributed by atoms with Crippen LogP contribution in [0.15, 0.2) is 12.1 Å². The third kappa shape index (κ3) is 1.97. The number of benzene rings is 1. The fraction of sp³-hybridized carbons (Fsp3) is 0.500. The van der Waals surface area contributed by atoms with Gasteiger partial charge in [0.1, 0.15) is 13.2 Å². The molecule has 3 nitrogen and oxygen atoms in total. The van der Waals surface area contributed by atoms with Gasteiger partial charge < -0.3 is 15.2 Å². The summed E-state index contributed by atoms with van der Waals surface area (Å²) in [5, 5.41) is 0. The number of rotatable bonds is 3. The zero-order chi connectivity index (χ0) is 11.5. The summed E-state index contributed by atoms with van der Waals surface area (Å²) in [7, 11) is 0. The van der Waals surface area contributed by atoms with Gasteiger partial charge in [-0.2, -0.15) is 0 Å². The van der Waals surface area contributed by atoms with Crippen LogP contribution in [0.4, 0.5) is 4.39 Å². The number of fused-ring (bicyclic) bond motifs is 1. The molecule has 1 aromatic carbocycles. The normalized spacial score (nSPS) is 15.9. The van der Waals surface area contributed by atoms with Gasteiger partial charge in [0.25, 0.3) is 0 Å². The quantitative estimate of drug-likeness (QED) is 0.856. The molecule has 0 radical (unpaired) electrons. The van der Waals surface area contributed by atoms with Crippen molar-refractivity contribution < 1.29 is 13.9 Å². The maximum absolute atomic E-state index is 13.5. The van der Waals surface area contributed by atoms with E-state index in [9.17, 15) is 4.39 Å². The summed E-state index contributed by atoms with van der Waals surface area (Å²) >= 11 is 0. The smallest absolute Gasteiger partial charge is 0.197 e. The van der Waals surface area contributed by atoms with Gasteiger partial charge in [-0.15, -0.1) is 0 Å². The summed E-state index contributed by atoms with van der Waals surface area (Å²) in [6.07, 6.45) is 0.849. The Kier molecular flexibility index (Phi) is 3.29. The second-order valence-electron chi connectivity index (χ2n) is 3.97. The highest BCUT2D eigenvalue weighted by Gasteiger charge is 2.22. The first-order valence-electron chi connectivity index (χ1n) is 5.52. The molecular weight excluding hydrogens is 209 g/mol. The molecule has 4 heteroatoms. The highest BCUT2D eigenvalue weighted by atomic mass is 19.1. The summed E-state index contributed by atoms with van der Waals surface area (Å²) in [5.41, 5.74) is 6.50. The SMILES string of the molecule is CC(CCN)c1ccc(F)c2c1OCCO2. The Morgan fingerprint density at radius 1 is 1.31 bits per heavy atom. The molecule has 1 unspecified atom stereocenters. The zero-order valence-electron chi connectivity index (χ0n) is 9.33. The molecular formula is C12H16FNO2. The van der Waals surface area contributed by atoms with E-state index >= 15 is 0 Å². The fourth-order valence-corrected chi connectivity index (χ4v) is 1.92. The molecule has 0 amide bonds. The standard InChI is InChI=1S/C12H16FNO2/c1-8(4-5-14)9-2-3-10(13)12-11(9)15-6-7-16-12/h2-3,8H,4-7,14H2,1H3. The highest BCUT2D eigenvalue weighted by molar-refractivity contribution is 5.49. The van der Waals surface area contributed by atoms with Crippen LogP contribution in [0.5, 0.6) is 11.5 Å². The lowest BCUT2D eigenvalue weighted by molar-refractivity contribution is 0.162. The van der Waals surface area contributed by atoms with Crippen LogP contribution in [0.2, 0.25) is 0 Å². The molecule has 0 bridgehead atoms. The largest absolute Gasteiger partial charge is 0.486 e. The van der Waals surface area contributed by atoms with Gasteiger partial charge in [0.05, 0.1) is 0 Å². The van der Waals surface area contributed by atoms with Crippen molar-refractivity contribution in [2.75, 3.05) is 19.8 Å². The van der Waals surface area contributed by atoms with Crippen LogP contribution in [-0.4, -0.2) is 19.8 Å². The molecule has 1 aromatic rings. The Morgan fingerprint density at radius 3 is 2.69 bits per heavy atom. The van der Waals surface area contributed by atoms with Gasteiger partial charge in [-0.25, -0.2) is 4.39 Å². The van der Waals surface area contributed by atoms with Crippen molar-refractivity contribution in [2.24, 2.45) is 5.73 Å². The molecule has 1 aliphatic rings. The minimum atomic E-state index is -0.363. The number of halogens is 1. The van der Waals surface area contributed by atoms with Crippen LogP contribution in [-0.2, 0) is 0 Å². The molecule has 1 heterocycles. The van der Waals surface area contributed by atoms with Gasteiger partial charge in [0.2, 0.25) is 0 Å². The Hall–Kier alpha value is -1.29. The maximum atomic E-state index is 13.5. The predicted octanol–water partition coefficient (Wildman–Crippen LogP) is 2.05. The van der Waals surface area contributed by atoms with Crippen molar-refractivity contribution >= 4 is 0 Å². The molecule has 1 atom stereocenters. The summed E-state index contributed by atoms with van der Waals surface area (Å²) in [6, 6.07) is 3.18. The highest BCUT2D eigenvalue weighted by Crippen LogP contribution is 2.40. The lowest BCUT2D eigenvalue weighted by Crippen LogP contribution is -2.18. The van der Waals surface area contributed by atoms with Crippen LogP contribution in [0.3, 0.4) is 0 Å². The summed E-state index contributed by atoms with van der Waals surface area (Å²) in [5.74, 6) is 0.680. The van der Waals surface area contributed by atoms with E-state index < -0.39 is 0 Å². The molecule has 0 fully saturated rings. The number of hydrogen-bond donors (Lipinski definition) is 1. The number of nitrogens with two attached hydrogens (primary N) is 1. The average Bonchev–Trinajstić information content (AvgIpc) is 2.30. The first kappa shape index (κ1) is 11.2. The lowest BCUT2D eigenvalue weighted by atomic mass is 9.96. The molecule has 88 valence electrons. The second-order valence-corrected chi connectivity index (χ2v) is 3.97. The van der Waals surface area contributed by atoms with Crippen LogP contribution in [0.25, 0.3) is 0 Å². The monoisotopic (exact) mass is 225 g/mol. The molecule has 0 saturated heterocycles. The Bertz CT molecular complexity index is 382. The molecule has 0 aliphatic carbocycles. The number of ether oxygens (including phenoxy) is 2. The van der Waals surface area contributed by atoms with Crippen LogP contribution in [0, 0.1) is 5.82 Å². The van der Waals surface area contributed by atoms with E-state index in [2.05, 4.69) is 6.92 Å². The van der Waals surface area contributed by atoms with E-state index in [4.69, 9.17) is 15.2 Å². The van der Waals surface area contributed by atoms with Crippen LogP contribution >= 0.6 is 0 Å². The molecule has 2 N–H and O–H groups in total. The van der Waals surface area contributed by atoms with E-state index in [-0.39, 0.29) is 17.5 Å². The molecule has 0 spiro atoms. The predicted molar refractivity (Wildman–Crippen MR) is 59.5 cm³/mol. The van der Waals surface area contributed by atoms with Crippen molar-refractivity contribution in [3.05, 3.63) is 23.5 Å². The molecule has 0 aromatic heterocycles. The lowest BCUT2D eigenvalue weighted by Gasteiger charge is -2.23. The van der Waals surface area contributed by atoms with Gasteiger partial charge in [-0.3, -0.25) is 0 Å². The first-order valence-corrected chi connectivity index (χ1v) is 5.52. The van der Waals surface area contributed by atoms with E-state index in [1.54, 1.807) is 6.07 Å². The zero-order valence-corrected chi connectivity index (χ0v) is 9.33. The molecule has 2 rings (SSSR count). The van der Waals surface area contributed by atoms with Crippen molar-refractivity contribution in [1.29, 1.82) is 0 Å². The van der Waals surface area contributed by atoms with Crippen molar-refractivity contribution in [2.45, 2.75) is 19.3 Å². The molecule has 16 heavy (non-hydrogen) atoms. The fourth-order valence-electron chi connectivity index (χ4n) is 1.92.